The summed E-state index contributed by atoms with van der Waals surface area (Å²) in [6, 6.07) is 7.02. The van der Waals surface area contributed by atoms with Gasteiger partial charge in [-0.2, -0.15) is 0 Å². The monoisotopic (exact) mass is 296 g/mol. The first kappa shape index (κ1) is 15.4. The first-order valence-corrected chi connectivity index (χ1v) is 6.69. The predicted molar refractivity (Wildman–Crippen MR) is 84.3 cm³/mol. The molecule has 6 heteroatoms. The number of aromatic nitrogens is 2. The van der Waals surface area contributed by atoms with Crippen molar-refractivity contribution < 1.29 is 9.59 Å². The van der Waals surface area contributed by atoms with Gasteiger partial charge in [0.25, 0.3) is 5.91 Å². The molecule has 0 fully saturated rings. The fourth-order valence-electron chi connectivity index (χ4n) is 1.70. The van der Waals surface area contributed by atoms with Crippen molar-refractivity contribution in [2.45, 2.75) is 6.92 Å². The van der Waals surface area contributed by atoms with Crippen LogP contribution in [0.1, 0.15) is 27.8 Å². The van der Waals surface area contributed by atoms with Gasteiger partial charge in [0.05, 0.1) is 12.4 Å². The summed E-state index contributed by atoms with van der Waals surface area (Å²) in [6.07, 6.45) is 4.46. The van der Waals surface area contributed by atoms with E-state index in [1.807, 2.05) is 0 Å². The van der Waals surface area contributed by atoms with Crippen molar-refractivity contribution in [1.29, 1.82) is 0 Å². The van der Waals surface area contributed by atoms with E-state index in [0.29, 0.717) is 17.9 Å². The third-order valence-corrected chi connectivity index (χ3v) is 2.86. The van der Waals surface area contributed by atoms with E-state index in [1.165, 1.54) is 19.3 Å². The van der Waals surface area contributed by atoms with Crippen molar-refractivity contribution in [1.82, 2.24) is 15.3 Å². The Morgan fingerprint density at radius 1 is 1.18 bits per heavy atom. The summed E-state index contributed by atoms with van der Waals surface area (Å²) < 4.78 is 0. The number of carbonyl (C=O) groups is 2. The van der Waals surface area contributed by atoms with Crippen LogP contribution in [0.3, 0.4) is 0 Å². The molecule has 112 valence electrons. The molecule has 2 rings (SSSR count). The van der Waals surface area contributed by atoms with E-state index >= 15 is 0 Å². The molecule has 0 radical (unpaired) electrons. The lowest BCUT2D eigenvalue weighted by atomic mass is 10.1. The highest BCUT2D eigenvalue weighted by Crippen LogP contribution is 2.14. The van der Waals surface area contributed by atoms with Crippen LogP contribution in [0.2, 0.25) is 0 Å². The third-order valence-electron chi connectivity index (χ3n) is 2.86. The Bertz CT molecular complexity index is 678. The minimum atomic E-state index is -0.301. The molecular formula is C16H16N4O2. The van der Waals surface area contributed by atoms with Crippen LogP contribution in [0.5, 0.6) is 0 Å². The summed E-state index contributed by atoms with van der Waals surface area (Å²) in [7, 11) is 0. The second-order valence-electron chi connectivity index (χ2n) is 4.54. The van der Waals surface area contributed by atoms with E-state index in [0.717, 1.165) is 5.69 Å². The number of anilines is 2. The van der Waals surface area contributed by atoms with Gasteiger partial charge in [-0.25, -0.2) is 9.97 Å². The molecule has 0 spiro atoms. The highest BCUT2D eigenvalue weighted by molar-refractivity contribution is 5.94. The Kier molecular flexibility index (Phi) is 4.98. The Balaban J connectivity index is 2.03. The number of rotatable bonds is 6. The van der Waals surface area contributed by atoms with Gasteiger partial charge in [-0.1, -0.05) is 6.08 Å². The highest BCUT2D eigenvalue weighted by atomic mass is 16.1. The number of carbonyl (C=O) groups excluding carboxylic acids is 2. The van der Waals surface area contributed by atoms with Crippen LogP contribution < -0.4 is 10.6 Å². The number of hydrogen-bond acceptors (Lipinski definition) is 5. The van der Waals surface area contributed by atoms with Crippen LogP contribution in [0.25, 0.3) is 0 Å². The van der Waals surface area contributed by atoms with Crippen molar-refractivity contribution in [2.24, 2.45) is 0 Å². The van der Waals surface area contributed by atoms with E-state index in [2.05, 4.69) is 27.2 Å². The van der Waals surface area contributed by atoms with Gasteiger partial charge in [0, 0.05) is 17.8 Å². The number of nitrogens with zero attached hydrogens (tertiary/aromatic N) is 2. The van der Waals surface area contributed by atoms with Gasteiger partial charge in [0.15, 0.2) is 5.78 Å². The van der Waals surface area contributed by atoms with Crippen LogP contribution in [-0.2, 0) is 0 Å². The third kappa shape index (κ3) is 3.99. The average Bonchev–Trinajstić information content (AvgIpc) is 2.54. The maximum absolute atomic E-state index is 11.7. The van der Waals surface area contributed by atoms with Crippen molar-refractivity contribution in [3.05, 3.63) is 60.6 Å². The molecule has 1 heterocycles. The summed E-state index contributed by atoms with van der Waals surface area (Å²) in [5.41, 5.74) is 1.66. The van der Waals surface area contributed by atoms with E-state index in [4.69, 9.17) is 0 Å². The predicted octanol–water partition coefficient (Wildman–Crippen LogP) is 2.34. The maximum Gasteiger partial charge on any atom is 0.271 e. The van der Waals surface area contributed by atoms with Crippen molar-refractivity contribution in [2.75, 3.05) is 11.9 Å². The van der Waals surface area contributed by atoms with E-state index < -0.39 is 0 Å². The molecule has 0 aliphatic rings. The Morgan fingerprint density at radius 3 is 2.45 bits per heavy atom. The lowest BCUT2D eigenvalue weighted by Gasteiger charge is -2.06. The molecule has 0 aliphatic carbocycles. The lowest BCUT2D eigenvalue weighted by Crippen LogP contribution is -2.24. The number of hydrogen-bond donors (Lipinski definition) is 2. The molecule has 1 aromatic carbocycles. The molecule has 2 aromatic rings. The molecule has 0 atom stereocenters. The number of benzene rings is 1. The topological polar surface area (TPSA) is 84.0 Å². The molecule has 0 unspecified atom stereocenters. The summed E-state index contributed by atoms with van der Waals surface area (Å²) in [5.74, 6) is 0.224. The zero-order valence-corrected chi connectivity index (χ0v) is 12.2. The maximum atomic E-state index is 11.7. The van der Waals surface area contributed by atoms with Crippen molar-refractivity contribution in [3.63, 3.8) is 0 Å². The largest absolute Gasteiger partial charge is 0.347 e. The van der Waals surface area contributed by atoms with E-state index in [1.54, 1.807) is 30.3 Å². The number of amides is 1. The average molecular weight is 296 g/mol. The van der Waals surface area contributed by atoms with Crippen LogP contribution in [-0.4, -0.2) is 28.2 Å². The van der Waals surface area contributed by atoms with E-state index in [-0.39, 0.29) is 17.4 Å². The van der Waals surface area contributed by atoms with Gasteiger partial charge < -0.3 is 10.6 Å². The second-order valence-corrected chi connectivity index (χ2v) is 4.54. The Morgan fingerprint density at radius 2 is 1.91 bits per heavy atom. The Hall–Kier alpha value is -3.02. The zero-order valence-electron chi connectivity index (χ0n) is 12.2. The lowest BCUT2D eigenvalue weighted by molar-refractivity contribution is 0.0951. The number of ketones is 1. The van der Waals surface area contributed by atoms with Gasteiger partial charge in [0.2, 0.25) is 0 Å². The van der Waals surface area contributed by atoms with Gasteiger partial charge >= 0.3 is 0 Å². The molecule has 0 saturated carbocycles. The minimum absolute atomic E-state index is 0.0150. The van der Waals surface area contributed by atoms with Crippen LogP contribution in [0, 0.1) is 0 Å². The normalized spacial score (nSPS) is 9.86. The standard InChI is InChI=1S/C16H16N4O2/c1-3-8-17-16(22)14-9-19-15(10-18-14)20-13-6-4-12(5-7-13)11(2)21/h3-7,9-10H,1,8H2,2H3,(H,17,22)(H,19,20). The van der Waals surface area contributed by atoms with Gasteiger partial charge in [0.1, 0.15) is 11.5 Å². The van der Waals surface area contributed by atoms with Gasteiger partial charge in [-0.05, 0) is 31.2 Å². The fourth-order valence-corrected chi connectivity index (χ4v) is 1.70. The van der Waals surface area contributed by atoms with Crippen LogP contribution in [0.4, 0.5) is 11.5 Å². The highest BCUT2D eigenvalue weighted by Gasteiger charge is 2.07. The van der Waals surface area contributed by atoms with E-state index in [9.17, 15) is 9.59 Å². The molecule has 0 saturated heterocycles. The summed E-state index contributed by atoms with van der Waals surface area (Å²) in [6.45, 7) is 5.42. The quantitative estimate of drug-likeness (QED) is 0.631. The Labute approximate surface area is 128 Å². The molecule has 6 nitrogen and oxygen atoms in total. The molecule has 1 aromatic heterocycles. The van der Waals surface area contributed by atoms with Gasteiger partial charge in [-0.3, -0.25) is 9.59 Å². The van der Waals surface area contributed by atoms with Crippen LogP contribution in [0.15, 0.2) is 49.3 Å². The molecule has 0 aliphatic heterocycles. The first-order valence-electron chi connectivity index (χ1n) is 6.69. The van der Waals surface area contributed by atoms with Gasteiger partial charge in [-0.15, -0.1) is 6.58 Å². The second kappa shape index (κ2) is 7.12. The molecule has 1 amide bonds. The summed E-state index contributed by atoms with van der Waals surface area (Å²) in [5, 5.41) is 5.67. The van der Waals surface area contributed by atoms with Crippen molar-refractivity contribution in [3.8, 4) is 0 Å². The number of Topliss-reactive ketones (excluding diaryl/α,β-unsaturated/α-hetero) is 1. The molecule has 22 heavy (non-hydrogen) atoms. The van der Waals surface area contributed by atoms with Crippen molar-refractivity contribution >= 4 is 23.2 Å². The number of nitrogens with one attached hydrogen (secondary N) is 2. The fraction of sp³-hybridized carbons (Fsp3) is 0.125. The molecule has 0 bridgehead atoms. The SMILES string of the molecule is C=CCNC(=O)c1cnc(Nc2ccc(C(C)=O)cc2)cn1. The first-order chi connectivity index (χ1) is 10.6. The molecular weight excluding hydrogens is 280 g/mol. The summed E-state index contributed by atoms with van der Waals surface area (Å²) >= 11 is 0. The summed E-state index contributed by atoms with van der Waals surface area (Å²) in [4.78, 5) is 31.0. The van der Waals surface area contributed by atoms with Crippen LogP contribution >= 0.6 is 0 Å². The molecule has 2 N–H and O–H groups in total. The zero-order chi connectivity index (χ0) is 15.9. The minimum Gasteiger partial charge on any atom is -0.347 e. The smallest absolute Gasteiger partial charge is 0.271 e.